The van der Waals surface area contributed by atoms with Gasteiger partial charge in [-0.25, -0.2) is 28.8 Å². The van der Waals surface area contributed by atoms with E-state index in [1.165, 1.54) is 64.2 Å². The predicted octanol–water partition coefficient (Wildman–Crippen LogP) is 10.4. The molecule has 0 spiro atoms. The van der Waals surface area contributed by atoms with Gasteiger partial charge in [0.05, 0.1) is 13.6 Å². The molecule has 2 aliphatic carbocycles. The normalized spacial score (nSPS) is 21.9. The Labute approximate surface area is 433 Å². The minimum atomic E-state index is -0.587. The van der Waals surface area contributed by atoms with E-state index >= 15 is 0 Å². The fourth-order valence-electron chi connectivity index (χ4n) is 11.0. The van der Waals surface area contributed by atoms with Crippen molar-refractivity contribution in [3.8, 4) is 0 Å². The molecule has 17 nitrogen and oxygen atoms in total. The number of hydrogen-bond donors (Lipinski definition) is 4. The van der Waals surface area contributed by atoms with Crippen LogP contribution in [0.4, 0.5) is 19.2 Å². The summed E-state index contributed by atoms with van der Waals surface area (Å²) in [4.78, 5) is 74.9. The molecule has 4 amide bonds. The molecule has 4 atom stereocenters. The lowest BCUT2D eigenvalue weighted by molar-refractivity contribution is -0.910. The summed E-state index contributed by atoms with van der Waals surface area (Å²) in [5.74, 6) is -1.08. The van der Waals surface area contributed by atoms with Gasteiger partial charge >= 0.3 is 36.3 Å². The number of quaternary nitrogens is 1. The first-order chi connectivity index (χ1) is 33.8. The van der Waals surface area contributed by atoms with E-state index in [0.717, 1.165) is 45.1 Å². The van der Waals surface area contributed by atoms with Crippen LogP contribution in [0.3, 0.4) is 0 Å². The summed E-state index contributed by atoms with van der Waals surface area (Å²) in [6.07, 6.45) is 17.2. The lowest BCUT2D eigenvalue weighted by atomic mass is 9.62. The molecule has 2 aliphatic rings. The molecule has 414 valence electrons. The van der Waals surface area contributed by atoms with Crippen LogP contribution in [0.5, 0.6) is 0 Å². The molecule has 4 N–H and O–H groups in total. The monoisotopic (exact) mass is 1020 g/mol. The molecule has 0 bridgehead atoms. The maximum Gasteiger partial charge on any atom is 0.407 e. The zero-order valence-electron chi connectivity index (χ0n) is 46.4. The van der Waals surface area contributed by atoms with Crippen LogP contribution < -0.4 is 21.3 Å². The molecule has 2 saturated carbocycles. The highest BCUT2D eigenvalue weighted by Crippen LogP contribution is 2.47. The van der Waals surface area contributed by atoms with Crippen LogP contribution in [0.25, 0.3) is 0 Å². The summed E-state index contributed by atoms with van der Waals surface area (Å²) in [6.45, 7) is 28.0. The lowest BCUT2D eigenvalue weighted by Crippen LogP contribution is -2.51. The second kappa shape index (κ2) is 31.9. The number of rotatable bonds is 33. The second-order valence-electron chi connectivity index (χ2n) is 23.6. The van der Waals surface area contributed by atoms with E-state index in [2.05, 4.69) is 89.9 Å². The summed E-state index contributed by atoms with van der Waals surface area (Å²) in [5, 5.41) is 11.9. The number of likely N-dealkylation sites (N-methyl/N-ethyl adjacent to an activating group) is 1. The molecule has 17 heteroatoms. The number of hydrogen-bond acceptors (Lipinski definition) is 12. The fraction of sp³-hybridized carbons (Fsp3) is 0.818. The van der Waals surface area contributed by atoms with E-state index < -0.39 is 36.3 Å². The Morgan fingerprint density at radius 2 is 0.806 bits per heavy atom. The molecule has 0 aromatic carbocycles. The van der Waals surface area contributed by atoms with E-state index in [1.807, 2.05) is 0 Å². The van der Waals surface area contributed by atoms with Gasteiger partial charge in [0.2, 0.25) is 0 Å². The Morgan fingerprint density at radius 3 is 1.17 bits per heavy atom. The topological polar surface area (TPSA) is 206 Å². The van der Waals surface area contributed by atoms with Crippen LogP contribution in [-0.2, 0) is 38.0 Å². The molecule has 0 aromatic heterocycles. The molecule has 0 aromatic rings. The predicted molar refractivity (Wildman–Crippen MR) is 280 cm³/mol. The van der Waals surface area contributed by atoms with Gasteiger partial charge in [-0.05, 0) is 86.9 Å². The van der Waals surface area contributed by atoms with Crippen molar-refractivity contribution >= 4 is 36.3 Å². The molecule has 4 unspecified atom stereocenters. The van der Waals surface area contributed by atoms with Gasteiger partial charge in [0, 0.05) is 36.3 Å². The summed E-state index contributed by atoms with van der Waals surface area (Å²) in [7, 11) is 2.12. The number of alkyl carbamates (subject to hydrolysis) is 4. The van der Waals surface area contributed by atoms with Crippen LogP contribution in [-0.4, -0.2) is 132 Å². The summed E-state index contributed by atoms with van der Waals surface area (Å²) in [5.41, 5.74) is -0.338. The number of esters is 2. The zero-order valence-corrected chi connectivity index (χ0v) is 46.4. The highest BCUT2D eigenvalue weighted by molar-refractivity contribution is 5.87. The van der Waals surface area contributed by atoms with Crippen LogP contribution in [0, 0.1) is 21.7 Å². The van der Waals surface area contributed by atoms with Crippen molar-refractivity contribution in [3.05, 3.63) is 24.3 Å². The summed E-state index contributed by atoms with van der Waals surface area (Å²) in [6, 6.07) is -0.363. The maximum absolute atomic E-state index is 13.2. The maximum atomic E-state index is 13.2. The van der Waals surface area contributed by atoms with Gasteiger partial charge < -0.3 is 54.2 Å². The smallest absolute Gasteiger partial charge is 0.407 e. The van der Waals surface area contributed by atoms with Gasteiger partial charge in [-0.15, -0.1) is 0 Å². The van der Waals surface area contributed by atoms with Crippen molar-refractivity contribution in [2.75, 3.05) is 79.4 Å². The Balaban J connectivity index is 1.92. The van der Waals surface area contributed by atoms with Crippen molar-refractivity contribution in [2.45, 2.75) is 190 Å². The highest BCUT2D eigenvalue weighted by atomic mass is 16.6. The average molecular weight is 1020 g/mol. The molecule has 2 rings (SSSR count). The molecule has 0 aliphatic heterocycles. The highest BCUT2D eigenvalue weighted by Gasteiger charge is 2.43. The van der Waals surface area contributed by atoms with Crippen LogP contribution in [0.2, 0.25) is 0 Å². The first kappa shape index (κ1) is 63.6. The zero-order chi connectivity index (χ0) is 53.9. The van der Waals surface area contributed by atoms with E-state index in [0.29, 0.717) is 43.5 Å². The standard InChI is InChI=1S/C55H97N5O12/c1-13-14-15-16-17-18-19-20-21-22-23-24-25-60(12,26-28-69-48(63)56-40-54(10)36-44(34-52(6,7)38-54)58-50(65)71-32-30-67-46(61)42(2)3)27-29-70-49(64)57-41-55(11)37-45(35-53(8,9)39-55)59-51(66)72-33-31-68-47(62)43(4)5/h44-45H,2,4,13-41H2,1,3,5-12H3,(H3-,56,57,58,59,63,64,65,66)/p+1. The molecule has 0 heterocycles. The fourth-order valence-corrected chi connectivity index (χ4v) is 11.0. The Kier molecular flexibility index (Phi) is 28.2. The molecular formula is C55H98N5O12+. The van der Waals surface area contributed by atoms with Crippen molar-refractivity contribution < 1.29 is 61.7 Å². The van der Waals surface area contributed by atoms with E-state index in [9.17, 15) is 28.8 Å². The number of nitrogens with zero attached hydrogens (tertiary/aromatic N) is 1. The number of amides is 4. The molecule has 72 heavy (non-hydrogen) atoms. The number of ether oxygens (including phenoxy) is 6. The van der Waals surface area contributed by atoms with Gasteiger partial charge in [-0.2, -0.15) is 0 Å². The summed E-state index contributed by atoms with van der Waals surface area (Å²) >= 11 is 0. The third-order valence-electron chi connectivity index (χ3n) is 13.9. The minimum Gasteiger partial charge on any atom is -0.459 e. The number of carbonyl (C=O) groups excluding carboxylic acids is 6. The van der Waals surface area contributed by atoms with Crippen molar-refractivity contribution in [3.63, 3.8) is 0 Å². The Morgan fingerprint density at radius 1 is 0.472 bits per heavy atom. The van der Waals surface area contributed by atoms with Crippen LogP contribution in [0.1, 0.15) is 178 Å². The number of nitrogens with one attached hydrogen (secondary N) is 4. The first-order valence-corrected chi connectivity index (χ1v) is 26.9. The largest absolute Gasteiger partial charge is 0.459 e. The van der Waals surface area contributed by atoms with Gasteiger partial charge in [-0.3, -0.25) is 0 Å². The molecular weight excluding hydrogens is 923 g/mol. The van der Waals surface area contributed by atoms with Crippen molar-refractivity contribution in [1.82, 2.24) is 21.3 Å². The quantitative estimate of drug-likeness (QED) is 0.0159. The molecule has 0 radical (unpaired) electrons. The average Bonchev–Trinajstić information content (AvgIpc) is 3.26. The van der Waals surface area contributed by atoms with Crippen LogP contribution >= 0.6 is 0 Å². The van der Waals surface area contributed by atoms with E-state index in [4.69, 9.17) is 28.4 Å². The lowest BCUT2D eigenvalue weighted by Gasteiger charge is -2.46. The van der Waals surface area contributed by atoms with Gasteiger partial charge in [0.25, 0.3) is 0 Å². The van der Waals surface area contributed by atoms with E-state index in [1.54, 1.807) is 13.8 Å². The second-order valence-corrected chi connectivity index (χ2v) is 23.6. The SMILES string of the molecule is C=C(C)C(=O)OCCOC(=O)NC1CC(C)(C)CC(C)(CNC(=O)OCC[N+](C)(CCCCCCCCCCCCCC)CCOC(=O)NCC2(C)CC(NC(=O)OCCOC(=O)C(=C)C)CC(C)(C)C2)C1. The Bertz CT molecular complexity index is 1630. The van der Waals surface area contributed by atoms with E-state index in [-0.39, 0.29) is 84.5 Å². The van der Waals surface area contributed by atoms with Crippen molar-refractivity contribution in [2.24, 2.45) is 21.7 Å². The first-order valence-electron chi connectivity index (χ1n) is 26.9. The van der Waals surface area contributed by atoms with Gasteiger partial charge in [0.15, 0.2) is 0 Å². The third kappa shape index (κ3) is 28.1. The van der Waals surface area contributed by atoms with Crippen LogP contribution in [0.15, 0.2) is 24.3 Å². The number of unbranched alkanes of at least 4 members (excludes halogenated alkanes) is 11. The number of carbonyl (C=O) groups is 6. The van der Waals surface area contributed by atoms with Crippen molar-refractivity contribution in [1.29, 1.82) is 0 Å². The Hall–Kier alpha value is -4.54. The summed E-state index contributed by atoms with van der Waals surface area (Å²) < 4.78 is 32.7. The molecule has 2 fully saturated rings. The minimum absolute atomic E-state index is 0.0635. The van der Waals surface area contributed by atoms with Gasteiger partial charge in [0.1, 0.15) is 52.7 Å². The third-order valence-corrected chi connectivity index (χ3v) is 13.9. The molecule has 0 saturated heterocycles. The van der Waals surface area contributed by atoms with Gasteiger partial charge in [-0.1, -0.05) is 126 Å².